The average Bonchev–Trinajstić information content (AvgIpc) is 3.22. The molecule has 1 N–H and O–H groups in total. The van der Waals surface area contributed by atoms with E-state index in [0.29, 0.717) is 0 Å². The molecule has 4 heterocycles. The Kier molecular flexibility index (Phi) is 4.52. The molecule has 0 aliphatic carbocycles. The minimum absolute atomic E-state index is 0.0935. The summed E-state index contributed by atoms with van der Waals surface area (Å²) < 4.78 is 9.92. The topological polar surface area (TPSA) is 59.6 Å². The molecule has 1 aliphatic rings. The molecular formula is C18H24N6O. The van der Waals surface area contributed by atoms with Crippen LogP contribution in [-0.4, -0.2) is 57.1 Å². The molecule has 2 atom stereocenters. The van der Waals surface area contributed by atoms with Gasteiger partial charge in [0.1, 0.15) is 0 Å². The number of rotatable bonds is 5. The summed E-state index contributed by atoms with van der Waals surface area (Å²) in [7, 11) is 4.14. The van der Waals surface area contributed by atoms with Crippen molar-refractivity contribution in [1.29, 1.82) is 0 Å². The summed E-state index contributed by atoms with van der Waals surface area (Å²) in [5.41, 5.74) is 3.52. The largest absolute Gasteiger partial charge is 0.374 e. The van der Waals surface area contributed by atoms with E-state index in [9.17, 15) is 0 Å². The van der Waals surface area contributed by atoms with Gasteiger partial charge in [0.25, 0.3) is 0 Å². The van der Waals surface area contributed by atoms with E-state index >= 15 is 0 Å². The van der Waals surface area contributed by atoms with Crippen molar-refractivity contribution in [2.75, 3.05) is 26.7 Å². The quantitative estimate of drug-likeness (QED) is 0.757. The van der Waals surface area contributed by atoms with Gasteiger partial charge in [-0.05, 0) is 25.2 Å². The third-order valence-corrected chi connectivity index (χ3v) is 4.93. The first kappa shape index (κ1) is 16.3. The Balaban J connectivity index is 1.44. The molecule has 0 amide bonds. The summed E-state index contributed by atoms with van der Waals surface area (Å²) in [5, 5.41) is 12.3. The number of morpholine rings is 1. The lowest BCUT2D eigenvalue weighted by atomic mass is 10.0. The Hall–Kier alpha value is -2.22. The highest BCUT2D eigenvalue weighted by Gasteiger charge is 2.33. The number of aromatic nitrogens is 4. The molecule has 1 fully saturated rings. The first-order chi connectivity index (χ1) is 12.2. The number of hydrogen-bond donors (Lipinski definition) is 1. The summed E-state index contributed by atoms with van der Waals surface area (Å²) in [5.74, 6) is 0. The molecule has 3 aromatic rings. The second kappa shape index (κ2) is 6.95. The molecule has 1 aliphatic heterocycles. The van der Waals surface area contributed by atoms with Crippen LogP contribution < -0.4 is 5.32 Å². The predicted molar refractivity (Wildman–Crippen MR) is 95.2 cm³/mol. The van der Waals surface area contributed by atoms with Crippen molar-refractivity contribution in [2.24, 2.45) is 7.05 Å². The lowest BCUT2D eigenvalue weighted by Gasteiger charge is -2.39. The van der Waals surface area contributed by atoms with E-state index < -0.39 is 0 Å². The molecule has 0 spiro atoms. The van der Waals surface area contributed by atoms with Gasteiger partial charge in [0, 0.05) is 44.6 Å². The van der Waals surface area contributed by atoms with Crippen molar-refractivity contribution in [2.45, 2.75) is 18.7 Å². The van der Waals surface area contributed by atoms with E-state index in [1.165, 1.54) is 11.3 Å². The number of ether oxygens (including phenoxy) is 1. The monoisotopic (exact) mass is 340 g/mol. The lowest BCUT2D eigenvalue weighted by molar-refractivity contribution is -0.0638. The Morgan fingerprint density at radius 3 is 3.00 bits per heavy atom. The SMILES string of the molecule is CN1CCO[C@@H](CNCc2cnn3ccccc23)[C@@H]1c1ccnn1C. The van der Waals surface area contributed by atoms with E-state index in [1.807, 2.05) is 47.0 Å². The maximum absolute atomic E-state index is 6.08. The number of nitrogens with one attached hydrogen (secondary N) is 1. The Morgan fingerprint density at radius 2 is 2.16 bits per heavy atom. The van der Waals surface area contributed by atoms with Gasteiger partial charge in [-0.1, -0.05) is 6.07 Å². The number of pyridine rings is 1. The zero-order chi connectivity index (χ0) is 17.2. The van der Waals surface area contributed by atoms with E-state index in [1.54, 1.807) is 0 Å². The van der Waals surface area contributed by atoms with Crippen LogP contribution >= 0.6 is 0 Å². The highest BCUT2D eigenvalue weighted by molar-refractivity contribution is 5.53. The van der Waals surface area contributed by atoms with Crippen LogP contribution in [0, 0.1) is 0 Å². The molecule has 25 heavy (non-hydrogen) atoms. The van der Waals surface area contributed by atoms with Gasteiger partial charge in [0.15, 0.2) is 0 Å². The molecule has 1 saturated heterocycles. The number of fused-ring (bicyclic) bond motifs is 1. The highest BCUT2D eigenvalue weighted by atomic mass is 16.5. The zero-order valence-corrected chi connectivity index (χ0v) is 14.7. The van der Waals surface area contributed by atoms with Crippen molar-refractivity contribution in [3.8, 4) is 0 Å². The van der Waals surface area contributed by atoms with E-state index in [-0.39, 0.29) is 12.1 Å². The maximum Gasteiger partial charge on any atom is 0.0911 e. The minimum atomic E-state index is 0.0935. The normalized spacial score (nSPS) is 21.8. The lowest BCUT2D eigenvalue weighted by Crippen LogP contribution is -2.48. The van der Waals surface area contributed by atoms with Crippen molar-refractivity contribution < 1.29 is 4.74 Å². The van der Waals surface area contributed by atoms with Gasteiger partial charge in [-0.25, -0.2) is 4.52 Å². The third kappa shape index (κ3) is 3.18. The molecule has 0 aromatic carbocycles. The fraction of sp³-hybridized carbons (Fsp3) is 0.444. The molecule has 132 valence electrons. The molecule has 4 rings (SSSR count). The van der Waals surface area contributed by atoms with E-state index in [2.05, 4.69) is 39.6 Å². The summed E-state index contributed by atoms with van der Waals surface area (Å²) >= 11 is 0. The smallest absolute Gasteiger partial charge is 0.0911 e. The number of hydrogen-bond acceptors (Lipinski definition) is 5. The van der Waals surface area contributed by atoms with Crippen LogP contribution in [0.2, 0.25) is 0 Å². The summed E-state index contributed by atoms with van der Waals surface area (Å²) in [6, 6.07) is 8.40. The summed E-state index contributed by atoms with van der Waals surface area (Å²) in [4.78, 5) is 2.35. The maximum atomic E-state index is 6.08. The fourth-order valence-electron chi connectivity index (χ4n) is 3.60. The molecular weight excluding hydrogens is 316 g/mol. The third-order valence-electron chi connectivity index (χ3n) is 4.93. The molecule has 0 saturated carbocycles. The Bertz CT molecular complexity index is 841. The standard InChI is InChI=1S/C18H24N6O/c1-22-9-10-25-17(18(22)16-6-7-20-23(16)2)13-19-11-14-12-21-24-8-4-3-5-15(14)24/h3-8,12,17-19H,9-11,13H2,1-2H3/t17-,18-/m0/s1. The van der Waals surface area contributed by atoms with Crippen molar-refractivity contribution in [3.05, 3.63) is 54.1 Å². The summed E-state index contributed by atoms with van der Waals surface area (Å²) in [6.07, 6.45) is 5.84. The Labute approximate surface area is 147 Å². The molecule has 0 bridgehead atoms. The van der Waals surface area contributed by atoms with Crippen LogP contribution in [0.5, 0.6) is 0 Å². The van der Waals surface area contributed by atoms with Crippen LogP contribution in [0.25, 0.3) is 5.52 Å². The molecule has 7 nitrogen and oxygen atoms in total. The second-order valence-corrected chi connectivity index (χ2v) is 6.55. The van der Waals surface area contributed by atoms with Gasteiger partial charge in [-0.3, -0.25) is 9.58 Å². The first-order valence-electron chi connectivity index (χ1n) is 8.66. The van der Waals surface area contributed by atoms with Gasteiger partial charge >= 0.3 is 0 Å². The number of likely N-dealkylation sites (N-methyl/N-ethyl adjacent to an activating group) is 1. The van der Waals surface area contributed by atoms with Crippen LogP contribution in [0.15, 0.2) is 42.9 Å². The predicted octanol–water partition coefficient (Wildman–Crippen LogP) is 1.23. The molecule has 7 heteroatoms. The Morgan fingerprint density at radius 1 is 1.24 bits per heavy atom. The highest BCUT2D eigenvalue weighted by Crippen LogP contribution is 2.27. The first-order valence-corrected chi connectivity index (χ1v) is 8.66. The minimum Gasteiger partial charge on any atom is -0.374 e. The fourth-order valence-corrected chi connectivity index (χ4v) is 3.60. The van der Waals surface area contributed by atoms with Gasteiger partial charge in [-0.2, -0.15) is 10.2 Å². The van der Waals surface area contributed by atoms with Gasteiger partial charge < -0.3 is 10.1 Å². The van der Waals surface area contributed by atoms with Gasteiger partial charge in [0.05, 0.1) is 36.2 Å². The van der Waals surface area contributed by atoms with E-state index in [4.69, 9.17) is 4.74 Å². The van der Waals surface area contributed by atoms with Crippen LogP contribution in [0.1, 0.15) is 17.3 Å². The van der Waals surface area contributed by atoms with Crippen molar-refractivity contribution in [1.82, 2.24) is 29.6 Å². The zero-order valence-electron chi connectivity index (χ0n) is 14.7. The molecule has 3 aromatic heterocycles. The van der Waals surface area contributed by atoms with Gasteiger partial charge in [0.2, 0.25) is 0 Å². The van der Waals surface area contributed by atoms with E-state index in [0.717, 1.165) is 31.8 Å². The second-order valence-electron chi connectivity index (χ2n) is 6.55. The van der Waals surface area contributed by atoms with Crippen molar-refractivity contribution >= 4 is 5.52 Å². The average molecular weight is 340 g/mol. The van der Waals surface area contributed by atoms with Crippen molar-refractivity contribution in [3.63, 3.8) is 0 Å². The van der Waals surface area contributed by atoms with Crippen LogP contribution in [0.3, 0.4) is 0 Å². The van der Waals surface area contributed by atoms with Crippen LogP contribution in [0.4, 0.5) is 0 Å². The van der Waals surface area contributed by atoms with Crippen LogP contribution in [-0.2, 0) is 18.3 Å². The van der Waals surface area contributed by atoms with Gasteiger partial charge in [-0.15, -0.1) is 0 Å². The number of nitrogens with zero attached hydrogens (tertiary/aromatic N) is 5. The number of aryl methyl sites for hydroxylation is 1. The summed E-state index contributed by atoms with van der Waals surface area (Å²) in [6.45, 7) is 3.24. The molecule has 0 unspecified atom stereocenters. The molecule has 0 radical (unpaired) electrons.